The Morgan fingerprint density at radius 1 is 1.19 bits per heavy atom. The van der Waals surface area contributed by atoms with Crippen molar-refractivity contribution in [3.05, 3.63) is 57.8 Å². The van der Waals surface area contributed by atoms with Gasteiger partial charge in [0.15, 0.2) is 0 Å². The molecule has 8 nitrogen and oxygen atoms in total. The molecule has 1 aliphatic rings. The van der Waals surface area contributed by atoms with Crippen molar-refractivity contribution in [3.8, 4) is 11.4 Å². The van der Waals surface area contributed by atoms with Crippen LogP contribution in [0.25, 0.3) is 33.3 Å². The Kier molecular flexibility index (Phi) is 4.45. The third kappa shape index (κ3) is 3.22. The molecule has 0 unspecified atom stereocenters. The highest BCUT2D eigenvalue weighted by molar-refractivity contribution is 5.98. The summed E-state index contributed by atoms with van der Waals surface area (Å²) in [4.78, 5) is 25.2. The average molecular weight is 422 g/mol. The summed E-state index contributed by atoms with van der Waals surface area (Å²) >= 11 is 0. The zero-order valence-corrected chi connectivity index (χ0v) is 17.1. The van der Waals surface area contributed by atoms with Crippen molar-refractivity contribution in [1.29, 1.82) is 0 Å². The third-order valence-corrected chi connectivity index (χ3v) is 6.23. The van der Waals surface area contributed by atoms with E-state index in [1.54, 1.807) is 6.07 Å². The molecule has 0 spiro atoms. The molecule has 1 saturated heterocycles. The van der Waals surface area contributed by atoms with Crippen LogP contribution in [0.2, 0.25) is 0 Å². The number of pyridine rings is 1. The lowest BCUT2D eigenvalue weighted by Crippen LogP contribution is -2.56. The van der Waals surface area contributed by atoms with Crippen LogP contribution in [0.4, 0.5) is 15.8 Å². The van der Waals surface area contributed by atoms with Crippen molar-refractivity contribution >= 4 is 33.3 Å². The highest BCUT2D eigenvalue weighted by Gasteiger charge is 2.24. The van der Waals surface area contributed by atoms with Crippen molar-refractivity contribution in [3.63, 3.8) is 0 Å². The number of hydrogen-bond donors (Lipinski definition) is 3. The van der Waals surface area contributed by atoms with E-state index in [2.05, 4.69) is 19.9 Å². The molecule has 4 N–H and O–H groups in total. The van der Waals surface area contributed by atoms with Crippen LogP contribution in [0.15, 0.2) is 41.2 Å². The smallest absolute Gasteiger partial charge is 0.261 e. The predicted molar refractivity (Wildman–Crippen MR) is 120 cm³/mol. The Labute approximate surface area is 177 Å². The number of nitrogens with zero attached hydrogens (tertiary/aromatic N) is 3. The number of imidazole rings is 1. The van der Waals surface area contributed by atoms with Gasteiger partial charge in [-0.25, -0.2) is 9.37 Å². The molecular formula is C22H23FN6O2. The zero-order chi connectivity index (χ0) is 21.8. The lowest BCUT2D eigenvalue weighted by atomic mass is 10.1. The molecule has 3 heterocycles. The minimum absolute atomic E-state index is 0.0521. The van der Waals surface area contributed by atoms with Crippen LogP contribution in [-0.2, 0) is 0 Å². The van der Waals surface area contributed by atoms with Gasteiger partial charge in [-0.1, -0.05) is 6.07 Å². The first-order chi connectivity index (χ1) is 14.9. The molecule has 31 heavy (non-hydrogen) atoms. The second kappa shape index (κ2) is 7.07. The van der Waals surface area contributed by atoms with E-state index < -0.39 is 11.4 Å². The van der Waals surface area contributed by atoms with Crippen LogP contribution >= 0.6 is 0 Å². The summed E-state index contributed by atoms with van der Waals surface area (Å²) in [5, 5.41) is 12.6. The van der Waals surface area contributed by atoms with Crippen LogP contribution in [0.5, 0.6) is 0 Å². The highest BCUT2D eigenvalue weighted by Crippen LogP contribution is 2.31. The number of aromatic nitrogens is 3. The molecular weight excluding hydrogens is 399 g/mol. The third-order valence-electron chi connectivity index (χ3n) is 6.23. The van der Waals surface area contributed by atoms with E-state index in [1.807, 2.05) is 25.1 Å². The molecule has 160 valence electrons. The number of hydroxylamine groups is 3. The van der Waals surface area contributed by atoms with E-state index in [-0.39, 0.29) is 27.1 Å². The molecule has 2 aromatic heterocycles. The number of quaternary nitrogens is 1. The minimum atomic E-state index is -0.504. The van der Waals surface area contributed by atoms with Gasteiger partial charge < -0.3 is 30.5 Å². The quantitative estimate of drug-likeness (QED) is 0.347. The summed E-state index contributed by atoms with van der Waals surface area (Å²) in [5.74, 6) is -0.216. The zero-order valence-electron chi connectivity index (χ0n) is 17.1. The number of H-pyrrole nitrogens is 2. The van der Waals surface area contributed by atoms with Gasteiger partial charge in [0.2, 0.25) is 0 Å². The summed E-state index contributed by atoms with van der Waals surface area (Å²) in [5.41, 5.74) is 8.66. The molecule has 2 aromatic carbocycles. The van der Waals surface area contributed by atoms with E-state index in [9.17, 15) is 14.4 Å². The van der Waals surface area contributed by atoms with Crippen LogP contribution in [0, 0.1) is 11.0 Å². The molecule has 9 heteroatoms. The first-order valence-corrected chi connectivity index (χ1v) is 10.3. The lowest BCUT2D eigenvalue weighted by Gasteiger charge is -2.48. The standard InChI is InChI=1S/C22H23FN6O2/c1-2-29(31)10-8-28(9-11-29)13-6-7-15-17(12-13)26-21(25-15)19-20(24)18-14(23)4-3-5-16(18)27-22(19)30/h3-7,12H,2,8-11H2,1H3,(H,25,26)(H3,24,27,30). The number of rotatable bonds is 3. The van der Waals surface area contributed by atoms with Gasteiger partial charge in [-0.15, -0.1) is 0 Å². The van der Waals surface area contributed by atoms with Crippen molar-refractivity contribution in [2.45, 2.75) is 6.92 Å². The fourth-order valence-electron chi connectivity index (χ4n) is 4.28. The summed E-state index contributed by atoms with van der Waals surface area (Å²) in [7, 11) is 0. The Morgan fingerprint density at radius 3 is 2.71 bits per heavy atom. The number of nitrogens with two attached hydrogens (primary N) is 1. The first-order valence-electron chi connectivity index (χ1n) is 10.3. The van der Waals surface area contributed by atoms with Gasteiger partial charge in [0.05, 0.1) is 60.3 Å². The van der Waals surface area contributed by atoms with Gasteiger partial charge in [-0.3, -0.25) is 4.79 Å². The van der Waals surface area contributed by atoms with Gasteiger partial charge >= 0.3 is 0 Å². The van der Waals surface area contributed by atoms with Crippen molar-refractivity contribution in [2.24, 2.45) is 0 Å². The Balaban J connectivity index is 1.55. The fourth-order valence-corrected chi connectivity index (χ4v) is 4.28. The normalized spacial score (nSPS) is 16.3. The molecule has 0 bridgehead atoms. The van der Waals surface area contributed by atoms with Gasteiger partial charge in [-0.2, -0.15) is 0 Å². The number of aromatic amines is 2. The topological polar surface area (TPSA) is 114 Å². The number of halogens is 1. The van der Waals surface area contributed by atoms with Crippen LogP contribution < -0.4 is 16.2 Å². The van der Waals surface area contributed by atoms with Gasteiger partial charge in [-0.05, 0) is 37.3 Å². The number of piperazine rings is 1. The maximum Gasteiger partial charge on any atom is 0.261 e. The molecule has 0 amide bonds. The summed E-state index contributed by atoms with van der Waals surface area (Å²) in [6.07, 6.45) is 0. The molecule has 1 fully saturated rings. The second-order valence-electron chi connectivity index (χ2n) is 8.00. The summed E-state index contributed by atoms with van der Waals surface area (Å²) < 4.78 is 14.2. The van der Waals surface area contributed by atoms with E-state index >= 15 is 0 Å². The molecule has 5 rings (SSSR count). The number of nitrogen functional groups attached to an aromatic ring is 1. The minimum Gasteiger partial charge on any atom is -0.633 e. The maximum atomic E-state index is 14.4. The molecule has 0 saturated carbocycles. The van der Waals surface area contributed by atoms with Gasteiger partial charge in [0.1, 0.15) is 17.2 Å². The first kappa shape index (κ1) is 19.5. The summed E-state index contributed by atoms with van der Waals surface area (Å²) in [6.45, 7) is 4.96. The van der Waals surface area contributed by atoms with E-state index in [0.29, 0.717) is 43.8 Å². The van der Waals surface area contributed by atoms with Crippen LogP contribution in [0.1, 0.15) is 6.92 Å². The second-order valence-corrected chi connectivity index (χ2v) is 8.00. The lowest BCUT2D eigenvalue weighted by molar-refractivity contribution is -0.879. The van der Waals surface area contributed by atoms with Crippen molar-refractivity contribution < 1.29 is 9.04 Å². The maximum absolute atomic E-state index is 14.4. The summed E-state index contributed by atoms with van der Waals surface area (Å²) in [6, 6.07) is 10.2. The van der Waals surface area contributed by atoms with Gasteiger partial charge in [0, 0.05) is 5.69 Å². The number of likely N-dealkylation sites (N-methyl/N-ethyl adjacent to an activating group) is 1. The fraction of sp³-hybridized carbons (Fsp3) is 0.273. The largest absolute Gasteiger partial charge is 0.633 e. The van der Waals surface area contributed by atoms with E-state index in [4.69, 9.17) is 5.73 Å². The average Bonchev–Trinajstić information content (AvgIpc) is 3.16. The van der Waals surface area contributed by atoms with E-state index in [1.165, 1.54) is 12.1 Å². The van der Waals surface area contributed by atoms with Crippen molar-refractivity contribution in [1.82, 2.24) is 15.0 Å². The molecule has 1 aliphatic heterocycles. The molecule has 0 atom stereocenters. The monoisotopic (exact) mass is 422 g/mol. The van der Waals surface area contributed by atoms with E-state index in [0.717, 1.165) is 11.2 Å². The highest BCUT2D eigenvalue weighted by atomic mass is 19.1. The SMILES string of the molecule is CC[N+]1([O-])CCN(c2ccc3[nH]c(-c4c(N)c5c(F)cccc5[nH]c4=O)nc3c2)CC1. The number of hydrogen-bond acceptors (Lipinski definition) is 5. The van der Waals surface area contributed by atoms with Crippen LogP contribution in [0.3, 0.4) is 0 Å². The number of fused-ring (bicyclic) bond motifs is 2. The Morgan fingerprint density at radius 2 is 1.97 bits per heavy atom. The Bertz CT molecular complexity index is 1350. The predicted octanol–water partition coefficient (Wildman–Crippen LogP) is 2.95. The molecule has 4 aromatic rings. The molecule has 0 radical (unpaired) electrons. The molecule has 0 aliphatic carbocycles. The number of benzene rings is 2. The van der Waals surface area contributed by atoms with Gasteiger partial charge in [0.25, 0.3) is 5.56 Å². The van der Waals surface area contributed by atoms with Crippen molar-refractivity contribution in [2.75, 3.05) is 43.4 Å². The number of anilines is 2. The number of nitrogens with one attached hydrogen (secondary N) is 2. The Hall–Kier alpha value is -3.43. The van der Waals surface area contributed by atoms with Crippen LogP contribution in [-0.4, -0.2) is 52.3 Å².